The highest BCUT2D eigenvalue weighted by molar-refractivity contribution is 6.32. The molecule has 1 fully saturated rings. The molecule has 0 spiro atoms. The summed E-state index contributed by atoms with van der Waals surface area (Å²) in [6, 6.07) is 9.30. The van der Waals surface area contributed by atoms with Crippen LogP contribution in [0.25, 0.3) is 0 Å². The Labute approximate surface area is 149 Å². The number of hydrogen-bond acceptors (Lipinski definition) is 4. The smallest absolute Gasteiger partial charge is 0.381 e. The van der Waals surface area contributed by atoms with Crippen molar-refractivity contribution in [1.29, 1.82) is 0 Å². The van der Waals surface area contributed by atoms with Crippen LogP contribution in [0.4, 0.5) is 23.2 Å². The van der Waals surface area contributed by atoms with Gasteiger partial charge in [-0.25, -0.2) is 9.29 Å². The summed E-state index contributed by atoms with van der Waals surface area (Å²) in [4.78, 5) is 30.9. The van der Waals surface area contributed by atoms with E-state index in [1.54, 1.807) is 0 Å². The maximum atomic E-state index is 13.3. The summed E-state index contributed by atoms with van der Waals surface area (Å²) >= 11 is 0. The Balaban J connectivity index is 1.74. The largest absolute Gasteiger partial charge is 0.418 e. The van der Waals surface area contributed by atoms with Crippen LogP contribution in [0.3, 0.4) is 0 Å². The summed E-state index contributed by atoms with van der Waals surface area (Å²) in [6.07, 6.45) is -6.09. The monoisotopic (exact) mass is 378 g/mol. The standard InChI is InChI=1S/C18H10F4N2O3/c19-10-7-5-9(6-8-10)14-13-15(27-23-14)17(26)24(16(13)25)12-4-2-1-3-11(12)18(20,21)22/h1-8,13,15H/t13-,15+/m1/s1. The van der Waals surface area contributed by atoms with E-state index in [0.29, 0.717) is 10.5 Å². The number of para-hydroxylation sites is 1. The summed E-state index contributed by atoms with van der Waals surface area (Å²) < 4.78 is 53.0. The van der Waals surface area contributed by atoms with E-state index >= 15 is 0 Å². The molecule has 2 heterocycles. The van der Waals surface area contributed by atoms with Gasteiger partial charge in [-0.2, -0.15) is 13.2 Å². The number of benzene rings is 2. The summed E-state index contributed by atoms with van der Waals surface area (Å²) in [6.45, 7) is 0. The van der Waals surface area contributed by atoms with Crippen LogP contribution in [0.5, 0.6) is 0 Å². The van der Waals surface area contributed by atoms with Gasteiger partial charge in [0.15, 0.2) is 0 Å². The Morgan fingerprint density at radius 2 is 1.63 bits per heavy atom. The maximum absolute atomic E-state index is 13.3. The van der Waals surface area contributed by atoms with Gasteiger partial charge in [-0.05, 0) is 24.3 Å². The molecule has 0 aliphatic carbocycles. The van der Waals surface area contributed by atoms with Crippen molar-refractivity contribution in [2.24, 2.45) is 11.1 Å². The fraction of sp³-hybridized carbons (Fsp3) is 0.167. The van der Waals surface area contributed by atoms with Gasteiger partial charge in [-0.15, -0.1) is 0 Å². The Morgan fingerprint density at radius 3 is 2.30 bits per heavy atom. The SMILES string of the molecule is O=C1[C@@H]2C(c3ccc(F)cc3)=NO[C@@H]2C(=O)N1c1ccccc1C(F)(F)F. The van der Waals surface area contributed by atoms with Crippen molar-refractivity contribution in [2.75, 3.05) is 4.90 Å². The number of anilines is 1. The number of fused-ring (bicyclic) bond motifs is 1. The second-order valence-electron chi connectivity index (χ2n) is 6.01. The van der Waals surface area contributed by atoms with Gasteiger partial charge in [0.25, 0.3) is 5.91 Å². The molecule has 4 rings (SSSR count). The Hall–Kier alpha value is -3.23. The van der Waals surface area contributed by atoms with Gasteiger partial charge < -0.3 is 4.84 Å². The van der Waals surface area contributed by atoms with E-state index in [2.05, 4.69) is 5.16 Å². The van der Waals surface area contributed by atoms with Crippen LogP contribution < -0.4 is 4.90 Å². The molecule has 2 amide bonds. The van der Waals surface area contributed by atoms with E-state index in [1.807, 2.05) is 0 Å². The van der Waals surface area contributed by atoms with Crippen LogP contribution >= 0.6 is 0 Å². The Morgan fingerprint density at radius 1 is 0.963 bits per heavy atom. The van der Waals surface area contributed by atoms with Crippen molar-refractivity contribution in [2.45, 2.75) is 12.3 Å². The predicted molar refractivity (Wildman–Crippen MR) is 85.2 cm³/mol. The van der Waals surface area contributed by atoms with E-state index < -0.39 is 47.1 Å². The van der Waals surface area contributed by atoms with Gasteiger partial charge >= 0.3 is 6.18 Å². The van der Waals surface area contributed by atoms with Crippen LogP contribution in [0, 0.1) is 11.7 Å². The average Bonchev–Trinajstić information content (AvgIpc) is 3.16. The highest BCUT2D eigenvalue weighted by Gasteiger charge is 2.57. The quantitative estimate of drug-likeness (QED) is 0.596. The molecule has 2 aliphatic heterocycles. The molecule has 0 bridgehead atoms. The Bertz CT molecular complexity index is 969. The highest BCUT2D eigenvalue weighted by atomic mass is 19.4. The third kappa shape index (κ3) is 2.66. The molecule has 0 saturated carbocycles. The van der Waals surface area contributed by atoms with Crippen LogP contribution in [-0.2, 0) is 20.6 Å². The first kappa shape index (κ1) is 17.2. The number of carbonyl (C=O) groups excluding carboxylic acids is 2. The van der Waals surface area contributed by atoms with Crippen molar-refractivity contribution < 1.29 is 32.0 Å². The van der Waals surface area contributed by atoms with Gasteiger partial charge in [0, 0.05) is 5.56 Å². The topological polar surface area (TPSA) is 59.0 Å². The lowest BCUT2D eigenvalue weighted by Crippen LogP contribution is -2.34. The minimum Gasteiger partial charge on any atom is -0.381 e. The Kier molecular flexibility index (Phi) is 3.76. The number of nitrogens with zero attached hydrogens (tertiary/aromatic N) is 2. The van der Waals surface area contributed by atoms with Gasteiger partial charge in [-0.3, -0.25) is 9.59 Å². The van der Waals surface area contributed by atoms with Crippen molar-refractivity contribution in [1.82, 2.24) is 0 Å². The lowest BCUT2D eigenvalue weighted by atomic mass is 9.94. The average molecular weight is 378 g/mol. The van der Waals surface area contributed by atoms with Crippen LogP contribution in [0.15, 0.2) is 53.7 Å². The zero-order valence-electron chi connectivity index (χ0n) is 13.4. The van der Waals surface area contributed by atoms with Gasteiger partial charge in [0.05, 0.1) is 11.3 Å². The van der Waals surface area contributed by atoms with E-state index in [4.69, 9.17) is 4.84 Å². The number of imide groups is 1. The third-order valence-corrected chi connectivity index (χ3v) is 4.40. The molecule has 2 aromatic rings. The van der Waals surface area contributed by atoms with Crippen molar-refractivity contribution in [3.63, 3.8) is 0 Å². The molecule has 0 N–H and O–H groups in total. The molecule has 1 saturated heterocycles. The second kappa shape index (κ2) is 5.90. The van der Waals surface area contributed by atoms with Crippen LogP contribution in [0.2, 0.25) is 0 Å². The number of halogens is 4. The fourth-order valence-corrected chi connectivity index (χ4v) is 3.18. The molecule has 138 valence electrons. The number of amides is 2. The molecule has 27 heavy (non-hydrogen) atoms. The number of hydrogen-bond donors (Lipinski definition) is 0. The van der Waals surface area contributed by atoms with Crippen molar-refractivity contribution in [3.05, 3.63) is 65.5 Å². The lowest BCUT2D eigenvalue weighted by molar-refractivity contribution is -0.137. The summed E-state index contributed by atoms with van der Waals surface area (Å²) in [5.74, 6) is -3.50. The molecule has 9 heteroatoms. The number of carbonyl (C=O) groups is 2. The van der Waals surface area contributed by atoms with E-state index in [-0.39, 0.29) is 5.71 Å². The summed E-state index contributed by atoms with van der Waals surface area (Å²) in [7, 11) is 0. The number of rotatable bonds is 2. The van der Waals surface area contributed by atoms with Crippen molar-refractivity contribution in [3.8, 4) is 0 Å². The molecular weight excluding hydrogens is 368 g/mol. The molecule has 2 aromatic carbocycles. The molecule has 2 aliphatic rings. The first-order valence-corrected chi connectivity index (χ1v) is 7.82. The van der Waals surface area contributed by atoms with Crippen LogP contribution in [0.1, 0.15) is 11.1 Å². The zero-order chi connectivity index (χ0) is 19.3. The number of alkyl halides is 3. The van der Waals surface area contributed by atoms with Gasteiger partial charge in [0.2, 0.25) is 12.0 Å². The normalized spacial score (nSPS) is 21.9. The maximum Gasteiger partial charge on any atom is 0.418 e. The predicted octanol–water partition coefficient (Wildman–Crippen LogP) is 3.14. The minimum absolute atomic E-state index is 0.0744. The first-order valence-electron chi connectivity index (χ1n) is 7.82. The van der Waals surface area contributed by atoms with Gasteiger partial charge in [-0.1, -0.05) is 29.4 Å². The highest BCUT2D eigenvalue weighted by Crippen LogP contribution is 2.41. The van der Waals surface area contributed by atoms with Crippen LogP contribution in [-0.4, -0.2) is 23.6 Å². The molecule has 2 atom stereocenters. The summed E-state index contributed by atoms with van der Waals surface area (Å²) in [5, 5.41) is 3.72. The van der Waals surface area contributed by atoms with E-state index in [0.717, 1.165) is 24.3 Å². The van der Waals surface area contributed by atoms with Crippen molar-refractivity contribution >= 4 is 23.2 Å². The molecule has 0 aromatic heterocycles. The molecule has 0 radical (unpaired) electrons. The minimum atomic E-state index is -4.75. The number of oxime groups is 1. The fourth-order valence-electron chi connectivity index (χ4n) is 3.18. The summed E-state index contributed by atoms with van der Waals surface area (Å²) in [5.41, 5.74) is -1.25. The zero-order valence-corrected chi connectivity index (χ0v) is 13.4. The van der Waals surface area contributed by atoms with E-state index in [9.17, 15) is 27.2 Å². The first-order chi connectivity index (χ1) is 12.8. The lowest BCUT2D eigenvalue weighted by Gasteiger charge is -2.20. The molecule has 5 nitrogen and oxygen atoms in total. The van der Waals surface area contributed by atoms with Gasteiger partial charge in [0.1, 0.15) is 17.4 Å². The third-order valence-electron chi connectivity index (χ3n) is 4.40. The second-order valence-corrected chi connectivity index (χ2v) is 6.01. The molecular formula is C18H10F4N2O3. The van der Waals surface area contributed by atoms with E-state index in [1.165, 1.54) is 24.3 Å². The molecule has 0 unspecified atom stereocenters.